The fourth-order valence-corrected chi connectivity index (χ4v) is 2.72. The number of hydrogen-bond acceptors (Lipinski definition) is 3. The van der Waals surface area contributed by atoms with E-state index >= 15 is 0 Å². The molecule has 2 atom stereocenters. The van der Waals surface area contributed by atoms with Gasteiger partial charge in [0.15, 0.2) is 0 Å². The number of ether oxygens (including phenoxy) is 1. The Bertz CT molecular complexity index is 687. The summed E-state index contributed by atoms with van der Waals surface area (Å²) in [5.74, 6) is 0.162. The highest BCUT2D eigenvalue weighted by Crippen LogP contribution is 2.39. The molecule has 1 aliphatic heterocycles. The van der Waals surface area contributed by atoms with Crippen LogP contribution in [0.2, 0.25) is 0 Å². The monoisotopic (exact) mass is 300 g/mol. The summed E-state index contributed by atoms with van der Waals surface area (Å²) in [7, 11) is 0. The van der Waals surface area contributed by atoms with Crippen LogP contribution in [0.4, 0.5) is 10.1 Å². The lowest BCUT2D eigenvalue weighted by molar-refractivity contribution is -0.126. The summed E-state index contributed by atoms with van der Waals surface area (Å²) in [5, 5.41) is 0. The predicted octanol–water partition coefficient (Wildman–Crippen LogP) is 2.64. The highest BCUT2D eigenvalue weighted by Gasteiger charge is 2.47. The van der Waals surface area contributed by atoms with Crippen LogP contribution < -0.4 is 15.4 Å². The highest BCUT2D eigenvalue weighted by molar-refractivity contribution is 6.05. The molecule has 22 heavy (non-hydrogen) atoms. The second-order valence-corrected chi connectivity index (χ2v) is 5.13. The molecule has 0 spiro atoms. The van der Waals surface area contributed by atoms with Crippen molar-refractivity contribution >= 4 is 11.6 Å². The maximum absolute atomic E-state index is 14.0. The van der Waals surface area contributed by atoms with Crippen molar-refractivity contribution in [1.82, 2.24) is 0 Å². The average molecular weight is 300 g/mol. The first-order valence-corrected chi connectivity index (χ1v) is 7.19. The van der Waals surface area contributed by atoms with E-state index in [-0.39, 0.29) is 11.7 Å². The first-order valence-electron chi connectivity index (χ1n) is 7.19. The van der Waals surface area contributed by atoms with E-state index in [2.05, 4.69) is 0 Å². The fraction of sp³-hybridized carbons (Fsp3) is 0.235. The minimum atomic E-state index is -0.719. The third-order valence-electron chi connectivity index (χ3n) is 3.79. The topological polar surface area (TPSA) is 55.6 Å². The number of carbonyl (C=O) groups excluding carboxylic acids is 1. The Kier molecular flexibility index (Phi) is 3.81. The molecule has 0 aliphatic carbocycles. The highest BCUT2D eigenvalue weighted by atomic mass is 19.1. The van der Waals surface area contributed by atoms with Gasteiger partial charge in [-0.15, -0.1) is 0 Å². The summed E-state index contributed by atoms with van der Waals surface area (Å²) in [6, 6.07) is 12.3. The molecule has 2 aromatic rings. The van der Waals surface area contributed by atoms with Crippen molar-refractivity contribution < 1.29 is 13.9 Å². The zero-order valence-corrected chi connectivity index (χ0v) is 12.2. The molecule has 0 bridgehead atoms. The number of nitrogens with zero attached hydrogens (tertiary/aromatic N) is 1. The number of rotatable bonds is 4. The zero-order valence-electron chi connectivity index (χ0n) is 12.2. The minimum absolute atomic E-state index is 0.211. The van der Waals surface area contributed by atoms with Gasteiger partial charge in [-0.3, -0.25) is 4.79 Å². The first-order chi connectivity index (χ1) is 10.6. The van der Waals surface area contributed by atoms with E-state index < -0.39 is 12.1 Å². The van der Waals surface area contributed by atoms with E-state index in [1.165, 1.54) is 11.0 Å². The minimum Gasteiger partial charge on any atom is -0.494 e. The third-order valence-corrected chi connectivity index (χ3v) is 3.79. The SMILES string of the molecule is CCOc1ccc(N2C(=O)C(N)C2c2ccccc2F)cc1. The van der Waals surface area contributed by atoms with Gasteiger partial charge in [-0.05, 0) is 37.3 Å². The molecule has 1 fully saturated rings. The van der Waals surface area contributed by atoms with Gasteiger partial charge in [0.05, 0.1) is 12.6 Å². The van der Waals surface area contributed by atoms with Crippen LogP contribution >= 0.6 is 0 Å². The molecule has 114 valence electrons. The van der Waals surface area contributed by atoms with Crippen LogP contribution in [-0.4, -0.2) is 18.6 Å². The van der Waals surface area contributed by atoms with E-state index in [9.17, 15) is 9.18 Å². The van der Waals surface area contributed by atoms with Crippen LogP contribution in [0.15, 0.2) is 48.5 Å². The summed E-state index contributed by atoms with van der Waals surface area (Å²) in [5.41, 5.74) is 7.01. The molecule has 2 aromatic carbocycles. The van der Waals surface area contributed by atoms with Gasteiger partial charge < -0.3 is 15.4 Å². The molecule has 3 rings (SSSR count). The molecule has 0 aromatic heterocycles. The molecule has 1 aliphatic rings. The summed E-state index contributed by atoms with van der Waals surface area (Å²) in [4.78, 5) is 13.6. The van der Waals surface area contributed by atoms with Crippen molar-refractivity contribution in [3.05, 3.63) is 59.9 Å². The summed E-state index contributed by atoms with van der Waals surface area (Å²) in [6.07, 6.45) is 0. The van der Waals surface area contributed by atoms with Crippen molar-refractivity contribution in [2.24, 2.45) is 5.73 Å². The summed E-state index contributed by atoms with van der Waals surface area (Å²) < 4.78 is 19.4. The van der Waals surface area contributed by atoms with E-state index in [0.29, 0.717) is 17.9 Å². The van der Waals surface area contributed by atoms with Gasteiger partial charge in [-0.2, -0.15) is 0 Å². The molecule has 2 unspecified atom stereocenters. The summed E-state index contributed by atoms with van der Waals surface area (Å²) in [6.45, 7) is 2.48. The maximum atomic E-state index is 14.0. The van der Waals surface area contributed by atoms with Crippen molar-refractivity contribution in [3.8, 4) is 5.75 Å². The standard InChI is InChI=1S/C17H17FN2O2/c1-2-22-12-9-7-11(8-10-12)20-16(15(19)17(20)21)13-5-3-4-6-14(13)18/h3-10,15-16H,2,19H2,1H3. The molecule has 4 nitrogen and oxygen atoms in total. The number of hydrogen-bond donors (Lipinski definition) is 1. The number of carbonyl (C=O) groups is 1. The van der Waals surface area contributed by atoms with Crippen molar-refractivity contribution in [3.63, 3.8) is 0 Å². The van der Waals surface area contributed by atoms with Gasteiger partial charge in [0, 0.05) is 11.3 Å². The number of benzene rings is 2. The van der Waals surface area contributed by atoms with Crippen molar-refractivity contribution in [1.29, 1.82) is 0 Å². The van der Waals surface area contributed by atoms with Crippen molar-refractivity contribution in [2.45, 2.75) is 19.0 Å². The van der Waals surface area contributed by atoms with Gasteiger partial charge in [0.1, 0.15) is 17.6 Å². The van der Waals surface area contributed by atoms with Gasteiger partial charge in [0.2, 0.25) is 5.91 Å². The Hall–Kier alpha value is -2.40. The Morgan fingerprint density at radius 2 is 1.86 bits per heavy atom. The van der Waals surface area contributed by atoms with Gasteiger partial charge >= 0.3 is 0 Å². The normalized spacial score (nSPS) is 20.7. The van der Waals surface area contributed by atoms with Crippen LogP contribution in [0.1, 0.15) is 18.5 Å². The lowest BCUT2D eigenvalue weighted by Crippen LogP contribution is -2.63. The largest absolute Gasteiger partial charge is 0.494 e. The molecule has 2 N–H and O–H groups in total. The van der Waals surface area contributed by atoms with Gasteiger partial charge in [-0.1, -0.05) is 18.2 Å². The van der Waals surface area contributed by atoms with Crippen LogP contribution in [0.25, 0.3) is 0 Å². The van der Waals surface area contributed by atoms with Crippen molar-refractivity contribution in [2.75, 3.05) is 11.5 Å². The second kappa shape index (κ2) is 5.77. The number of halogens is 1. The molecular formula is C17H17FN2O2. The average Bonchev–Trinajstić information content (AvgIpc) is 2.54. The number of anilines is 1. The second-order valence-electron chi connectivity index (χ2n) is 5.13. The van der Waals surface area contributed by atoms with Crippen LogP contribution in [0.5, 0.6) is 5.75 Å². The summed E-state index contributed by atoms with van der Waals surface area (Å²) >= 11 is 0. The molecule has 1 saturated heterocycles. The fourth-order valence-electron chi connectivity index (χ4n) is 2.72. The Balaban J connectivity index is 1.91. The van der Waals surface area contributed by atoms with E-state index in [0.717, 1.165) is 5.75 Å². The number of β-lactam (4-membered cyclic amide) rings is 1. The third kappa shape index (κ3) is 2.33. The molecule has 0 saturated carbocycles. The van der Waals surface area contributed by atoms with Crippen LogP contribution in [0.3, 0.4) is 0 Å². The molecule has 5 heteroatoms. The molecule has 1 amide bonds. The molecule has 1 heterocycles. The van der Waals surface area contributed by atoms with Gasteiger partial charge in [-0.25, -0.2) is 4.39 Å². The number of amides is 1. The first kappa shape index (κ1) is 14.5. The lowest BCUT2D eigenvalue weighted by atomic mass is 9.88. The molecule has 0 radical (unpaired) electrons. The predicted molar refractivity (Wildman–Crippen MR) is 82.2 cm³/mol. The van der Waals surface area contributed by atoms with E-state index in [1.54, 1.807) is 42.5 Å². The number of nitrogens with two attached hydrogens (primary N) is 1. The Labute approximate surface area is 128 Å². The zero-order chi connectivity index (χ0) is 15.7. The Morgan fingerprint density at radius 3 is 2.50 bits per heavy atom. The molecular weight excluding hydrogens is 283 g/mol. The van der Waals surface area contributed by atoms with Crippen LogP contribution in [0, 0.1) is 5.82 Å². The smallest absolute Gasteiger partial charge is 0.247 e. The Morgan fingerprint density at radius 1 is 1.18 bits per heavy atom. The van der Waals surface area contributed by atoms with Crippen LogP contribution in [-0.2, 0) is 4.79 Å². The van der Waals surface area contributed by atoms with Gasteiger partial charge in [0.25, 0.3) is 0 Å². The quantitative estimate of drug-likeness (QED) is 0.883. The van der Waals surface area contributed by atoms with E-state index in [1.807, 2.05) is 6.92 Å². The maximum Gasteiger partial charge on any atom is 0.247 e. The lowest BCUT2D eigenvalue weighted by Gasteiger charge is -2.45. The van der Waals surface area contributed by atoms with E-state index in [4.69, 9.17) is 10.5 Å².